The molecule has 0 spiro atoms. The third kappa shape index (κ3) is 4.35. The smallest absolute Gasteiger partial charge is 0.354 e. The van der Waals surface area contributed by atoms with Crippen LogP contribution in [0.25, 0.3) is 0 Å². The van der Waals surface area contributed by atoms with Crippen molar-refractivity contribution in [2.75, 3.05) is 6.61 Å². The molecule has 0 aliphatic heterocycles. The monoisotopic (exact) mass is 251 g/mol. The first-order chi connectivity index (χ1) is 8.69. The molecule has 0 fully saturated rings. The maximum absolute atomic E-state index is 11.8. The largest absolute Gasteiger partial charge is 0.461 e. The number of Topliss-reactive ketones (excluding diaryl/α,β-unsaturated/α-hetero) is 1. The topological polar surface area (TPSA) is 59.2 Å². The lowest BCUT2D eigenvalue weighted by Crippen LogP contribution is -2.04. The van der Waals surface area contributed by atoms with E-state index in [1.807, 2.05) is 0 Å². The molecule has 0 atom stereocenters. The molecule has 4 nitrogen and oxygen atoms in total. The number of aromatic amines is 1. The number of ketones is 1. The van der Waals surface area contributed by atoms with E-state index in [4.69, 9.17) is 4.74 Å². The summed E-state index contributed by atoms with van der Waals surface area (Å²) in [4.78, 5) is 26.0. The van der Waals surface area contributed by atoms with Gasteiger partial charge in [-0.05, 0) is 19.4 Å². The SMILES string of the molecule is CCCCCCC(=O)c1c[nH]c(C(=O)OCC)c1. The summed E-state index contributed by atoms with van der Waals surface area (Å²) in [5.41, 5.74) is 0.906. The molecule has 0 saturated carbocycles. The van der Waals surface area contributed by atoms with Crippen molar-refractivity contribution in [1.82, 2.24) is 4.98 Å². The van der Waals surface area contributed by atoms with Crippen LogP contribution in [0.5, 0.6) is 0 Å². The highest BCUT2D eigenvalue weighted by atomic mass is 16.5. The fourth-order valence-electron chi connectivity index (χ4n) is 1.74. The van der Waals surface area contributed by atoms with Crippen LogP contribution in [0, 0.1) is 0 Å². The highest BCUT2D eigenvalue weighted by Crippen LogP contribution is 2.11. The minimum atomic E-state index is -0.414. The van der Waals surface area contributed by atoms with Crippen LogP contribution >= 0.6 is 0 Å². The van der Waals surface area contributed by atoms with Gasteiger partial charge in [0.25, 0.3) is 0 Å². The molecule has 1 aromatic rings. The molecule has 1 heterocycles. The van der Waals surface area contributed by atoms with E-state index in [1.54, 1.807) is 19.2 Å². The number of carbonyl (C=O) groups is 2. The lowest BCUT2D eigenvalue weighted by molar-refractivity contribution is 0.0520. The van der Waals surface area contributed by atoms with Crippen LogP contribution in [0.15, 0.2) is 12.3 Å². The third-order valence-corrected chi connectivity index (χ3v) is 2.76. The van der Waals surface area contributed by atoms with Crippen molar-refractivity contribution in [3.05, 3.63) is 23.5 Å². The summed E-state index contributed by atoms with van der Waals surface area (Å²) in [7, 11) is 0. The van der Waals surface area contributed by atoms with E-state index >= 15 is 0 Å². The van der Waals surface area contributed by atoms with Gasteiger partial charge in [-0.15, -0.1) is 0 Å². The van der Waals surface area contributed by atoms with Crippen molar-refractivity contribution in [2.24, 2.45) is 0 Å². The average molecular weight is 251 g/mol. The molecule has 1 aromatic heterocycles. The van der Waals surface area contributed by atoms with Gasteiger partial charge in [-0.25, -0.2) is 4.79 Å². The standard InChI is InChI=1S/C14H21NO3/c1-3-5-6-7-8-13(16)11-9-12(15-10-11)14(17)18-4-2/h9-10,15H,3-8H2,1-2H3. The van der Waals surface area contributed by atoms with E-state index in [1.165, 1.54) is 0 Å². The molecule has 0 aliphatic rings. The molecule has 0 aromatic carbocycles. The van der Waals surface area contributed by atoms with Crippen LogP contribution in [0.3, 0.4) is 0 Å². The summed E-state index contributed by atoms with van der Waals surface area (Å²) in [6, 6.07) is 1.57. The third-order valence-electron chi connectivity index (χ3n) is 2.76. The van der Waals surface area contributed by atoms with Gasteiger partial charge in [0.1, 0.15) is 5.69 Å². The predicted molar refractivity (Wildman–Crippen MR) is 69.8 cm³/mol. The van der Waals surface area contributed by atoms with Crippen LogP contribution in [0.2, 0.25) is 0 Å². The molecule has 0 unspecified atom stereocenters. The first-order valence-electron chi connectivity index (χ1n) is 6.57. The molecule has 0 saturated heterocycles. The van der Waals surface area contributed by atoms with Crippen molar-refractivity contribution in [3.63, 3.8) is 0 Å². The van der Waals surface area contributed by atoms with Gasteiger partial charge in [-0.1, -0.05) is 26.2 Å². The van der Waals surface area contributed by atoms with Gasteiger partial charge in [0.05, 0.1) is 6.61 Å². The zero-order chi connectivity index (χ0) is 13.4. The summed E-state index contributed by atoms with van der Waals surface area (Å²) in [6.07, 6.45) is 6.43. The number of carbonyl (C=O) groups excluding carboxylic acids is 2. The molecule has 4 heteroatoms. The lowest BCUT2D eigenvalue weighted by atomic mass is 10.1. The van der Waals surface area contributed by atoms with E-state index in [-0.39, 0.29) is 5.78 Å². The Hall–Kier alpha value is -1.58. The van der Waals surface area contributed by atoms with E-state index < -0.39 is 5.97 Å². The van der Waals surface area contributed by atoms with Gasteiger partial charge in [-0.3, -0.25) is 4.79 Å². The van der Waals surface area contributed by atoms with E-state index in [0.29, 0.717) is 24.3 Å². The molecule has 0 aliphatic carbocycles. The summed E-state index contributed by atoms with van der Waals surface area (Å²) in [5, 5.41) is 0. The Morgan fingerprint density at radius 3 is 2.67 bits per heavy atom. The molecule has 1 rings (SSSR count). The maximum Gasteiger partial charge on any atom is 0.354 e. The number of aromatic nitrogens is 1. The molecule has 1 N–H and O–H groups in total. The molecular formula is C14H21NO3. The Labute approximate surface area is 108 Å². The Morgan fingerprint density at radius 1 is 1.22 bits per heavy atom. The zero-order valence-corrected chi connectivity index (χ0v) is 11.1. The zero-order valence-electron chi connectivity index (χ0n) is 11.1. The molecular weight excluding hydrogens is 230 g/mol. The summed E-state index contributed by atoms with van der Waals surface area (Å²) < 4.78 is 4.85. The van der Waals surface area contributed by atoms with Gasteiger partial charge in [-0.2, -0.15) is 0 Å². The lowest BCUT2D eigenvalue weighted by Gasteiger charge is -1.98. The van der Waals surface area contributed by atoms with Crippen molar-refractivity contribution in [2.45, 2.75) is 46.0 Å². The van der Waals surface area contributed by atoms with E-state index in [9.17, 15) is 9.59 Å². The average Bonchev–Trinajstić information content (AvgIpc) is 2.84. The van der Waals surface area contributed by atoms with Crippen LogP contribution < -0.4 is 0 Å². The van der Waals surface area contributed by atoms with Crippen LogP contribution in [0.1, 0.15) is 66.8 Å². The minimum Gasteiger partial charge on any atom is -0.461 e. The Kier molecular flexibility index (Phi) is 6.19. The van der Waals surface area contributed by atoms with Crippen molar-refractivity contribution >= 4 is 11.8 Å². The summed E-state index contributed by atoms with van der Waals surface area (Å²) in [5.74, 6) is -0.333. The van der Waals surface area contributed by atoms with Crippen molar-refractivity contribution in [1.29, 1.82) is 0 Å². The maximum atomic E-state index is 11.8. The summed E-state index contributed by atoms with van der Waals surface area (Å²) in [6.45, 7) is 4.22. The number of rotatable bonds is 8. The van der Waals surface area contributed by atoms with Gasteiger partial charge < -0.3 is 9.72 Å². The van der Waals surface area contributed by atoms with Crippen LogP contribution in [-0.2, 0) is 4.74 Å². The number of ether oxygens (including phenoxy) is 1. The second-order valence-corrected chi connectivity index (χ2v) is 4.26. The fraction of sp³-hybridized carbons (Fsp3) is 0.571. The van der Waals surface area contributed by atoms with Crippen molar-refractivity contribution < 1.29 is 14.3 Å². The number of unbranched alkanes of at least 4 members (excludes halogenated alkanes) is 3. The summed E-state index contributed by atoms with van der Waals surface area (Å²) >= 11 is 0. The van der Waals surface area contributed by atoms with Gasteiger partial charge in [0, 0.05) is 18.2 Å². The molecule has 100 valence electrons. The highest BCUT2D eigenvalue weighted by molar-refractivity contribution is 5.98. The Bertz CT molecular complexity index is 395. The fourth-order valence-corrected chi connectivity index (χ4v) is 1.74. The normalized spacial score (nSPS) is 10.3. The van der Waals surface area contributed by atoms with Gasteiger partial charge in [0.15, 0.2) is 5.78 Å². The number of H-pyrrole nitrogens is 1. The van der Waals surface area contributed by atoms with E-state index in [2.05, 4.69) is 11.9 Å². The second-order valence-electron chi connectivity index (χ2n) is 4.26. The molecule has 0 radical (unpaired) electrons. The number of hydrogen-bond donors (Lipinski definition) is 1. The first kappa shape index (κ1) is 14.5. The van der Waals surface area contributed by atoms with Gasteiger partial charge in [0.2, 0.25) is 0 Å². The highest BCUT2D eigenvalue weighted by Gasteiger charge is 2.13. The first-order valence-corrected chi connectivity index (χ1v) is 6.57. The Morgan fingerprint density at radius 2 is 2.00 bits per heavy atom. The van der Waals surface area contributed by atoms with Crippen molar-refractivity contribution in [3.8, 4) is 0 Å². The number of esters is 1. The minimum absolute atomic E-state index is 0.0814. The van der Waals surface area contributed by atoms with Crippen LogP contribution in [0.4, 0.5) is 0 Å². The quantitative estimate of drug-likeness (QED) is 0.438. The van der Waals surface area contributed by atoms with E-state index in [0.717, 1.165) is 25.7 Å². The second kappa shape index (κ2) is 7.69. The number of hydrogen-bond acceptors (Lipinski definition) is 3. The van der Waals surface area contributed by atoms with Crippen LogP contribution in [-0.4, -0.2) is 23.3 Å². The number of nitrogens with one attached hydrogen (secondary N) is 1. The van der Waals surface area contributed by atoms with Gasteiger partial charge >= 0.3 is 5.97 Å². The molecule has 0 bridgehead atoms. The molecule has 18 heavy (non-hydrogen) atoms. The molecule has 0 amide bonds. The Balaban J connectivity index is 2.46. The predicted octanol–water partition coefficient (Wildman–Crippen LogP) is 3.34.